The summed E-state index contributed by atoms with van der Waals surface area (Å²) in [5, 5.41) is 3.33. The number of benzene rings is 2. The Labute approximate surface area is 191 Å². The van der Waals surface area contributed by atoms with Gasteiger partial charge in [-0.2, -0.15) is 0 Å². The lowest BCUT2D eigenvalue weighted by Gasteiger charge is -2.15. The summed E-state index contributed by atoms with van der Waals surface area (Å²) in [7, 11) is 0. The predicted molar refractivity (Wildman–Crippen MR) is 126 cm³/mol. The van der Waals surface area contributed by atoms with Crippen molar-refractivity contribution in [2.45, 2.75) is 46.1 Å². The maximum atomic E-state index is 13.0. The molecular formula is C25H29N3O5. The maximum Gasteiger partial charge on any atom is 0.329 e. The first-order valence-corrected chi connectivity index (χ1v) is 11.4. The fourth-order valence-corrected chi connectivity index (χ4v) is 4.04. The summed E-state index contributed by atoms with van der Waals surface area (Å²) in [6.07, 6.45) is 4.37. The van der Waals surface area contributed by atoms with E-state index in [1.807, 2.05) is 0 Å². The van der Waals surface area contributed by atoms with Gasteiger partial charge in [-0.3, -0.25) is 14.2 Å². The van der Waals surface area contributed by atoms with Crippen LogP contribution in [-0.2, 0) is 6.54 Å². The minimum Gasteiger partial charge on any atom is -0.454 e. The second-order valence-corrected chi connectivity index (χ2v) is 8.40. The lowest BCUT2D eigenvalue weighted by Crippen LogP contribution is -2.35. The number of rotatable bonds is 9. The number of nitrogens with one attached hydrogen (secondary N) is 2. The summed E-state index contributed by atoms with van der Waals surface area (Å²) in [5.74, 6) is 1.46. The normalized spacial score (nSPS) is 13.3. The number of fused-ring (bicyclic) bond motifs is 2. The van der Waals surface area contributed by atoms with Crippen molar-refractivity contribution in [2.24, 2.45) is 5.92 Å². The molecule has 8 heteroatoms. The summed E-state index contributed by atoms with van der Waals surface area (Å²) in [6, 6.07) is 10.1. The van der Waals surface area contributed by atoms with Crippen molar-refractivity contribution in [3.05, 3.63) is 68.4 Å². The zero-order valence-electron chi connectivity index (χ0n) is 19.0. The van der Waals surface area contributed by atoms with E-state index in [2.05, 4.69) is 24.1 Å². The molecule has 0 bridgehead atoms. The van der Waals surface area contributed by atoms with Crippen LogP contribution < -0.4 is 26.0 Å². The Bertz CT molecular complexity index is 1280. The average molecular weight is 452 g/mol. The number of carbonyl (C=O) groups is 1. The largest absolute Gasteiger partial charge is 0.454 e. The topological polar surface area (TPSA) is 102 Å². The van der Waals surface area contributed by atoms with E-state index < -0.39 is 11.2 Å². The molecular weight excluding hydrogens is 422 g/mol. The average Bonchev–Trinajstić information content (AvgIpc) is 3.29. The second-order valence-electron chi connectivity index (χ2n) is 8.40. The Morgan fingerprint density at radius 3 is 2.73 bits per heavy atom. The van der Waals surface area contributed by atoms with E-state index in [1.54, 1.807) is 36.4 Å². The Morgan fingerprint density at radius 1 is 1.12 bits per heavy atom. The number of amides is 1. The van der Waals surface area contributed by atoms with Crippen LogP contribution in [0.25, 0.3) is 10.9 Å². The van der Waals surface area contributed by atoms with Crippen molar-refractivity contribution in [3.63, 3.8) is 0 Å². The molecule has 4 rings (SSSR count). The predicted octanol–water partition coefficient (Wildman–Crippen LogP) is 3.41. The molecule has 2 aromatic carbocycles. The molecule has 0 spiro atoms. The lowest BCUT2D eigenvalue weighted by atomic mass is 9.99. The van der Waals surface area contributed by atoms with Gasteiger partial charge < -0.3 is 19.8 Å². The van der Waals surface area contributed by atoms with E-state index in [9.17, 15) is 14.4 Å². The molecule has 0 saturated heterocycles. The molecule has 2 heterocycles. The molecule has 3 aromatic rings. The van der Waals surface area contributed by atoms with E-state index in [0.717, 1.165) is 35.8 Å². The third kappa shape index (κ3) is 4.94. The Morgan fingerprint density at radius 2 is 1.94 bits per heavy atom. The van der Waals surface area contributed by atoms with Gasteiger partial charge in [0.25, 0.3) is 11.5 Å². The first-order valence-electron chi connectivity index (χ1n) is 11.4. The molecule has 1 aromatic heterocycles. The summed E-state index contributed by atoms with van der Waals surface area (Å²) in [6.45, 7) is 5.15. The fraction of sp³-hybridized carbons (Fsp3) is 0.400. The molecule has 8 nitrogen and oxygen atoms in total. The number of H-pyrrole nitrogens is 1. The molecule has 174 valence electrons. The molecule has 0 aliphatic carbocycles. The SMILES string of the molecule is CCCCC(CC)CNC(=O)c1ccc2c(=O)n(Cc3ccc4c(c3)OCO4)c(=O)[nH]c2c1. The second kappa shape index (κ2) is 9.94. The van der Waals surface area contributed by atoms with Crippen molar-refractivity contribution in [1.82, 2.24) is 14.9 Å². The van der Waals surface area contributed by atoms with Gasteiger partial charge in [-0.05, 0) is 48.2 Å². The minimum absolute atomic E-state index is 0.0964. The van der Waals surface area contributed by atoms with Crippen LogP contribution >= 0.6 is 0 Å². The van der Waals surface area contributed by atoms with Crippen LogP contribution in [0.4, 0.5) is 0 Å². The van der Waals surface area contributed by atoms with Crippen LogP contribution in [0.5, 0.6) is 11.5 Å². The molecule has 0 fully saturated rings. The van der Waals surface area contributed by atoms with Gasteiger partial charge in [0.2, 0.25) is 6.79 Å². The summed E-state index contributed by atoms with van der Waals surface area (Å²) < 4.78 is 11.8. The maximum absolute atomic E-state index is 13.0. The van der Waals surface area contributed by atoms with Crippen LogP contribution in [0.3, 0.4) is 0 Å². The van der Waals surface area contributed by atoms with Crippen molar-refractivity contribution < 1.29 is 14.3 Å². The molecule has 0 saturated carbocycles. The fourth-order valence-electron chi connectivity index (χ4n) is 4.04. The standard InChI is InChI=1S/C25H29N3O5/c1-3-5-6-16(4-2)13-26-23(29)18-8-9-19-20(12-18)27-25(31)28(24(19)30)14-17-7-10-21-22(11-17)33-15-32-21/h7-12,16H,3-6,13-15H2,1-2H3,(H,26,29)(H,27,31). The van der Waals surface area contributed by atoms with Gasteiger partial charge in [0.05, 0.1) is 17.4 Å². The zero-order chi connectivity index (χ0) is 23.4. The third-order valence-electron chi connectivity index (χ3n) is 6.12. The van der Waals surface area contributed by atoms with Gasteiger partial charge in [-0.1, -0.05) is 39.2 Å². The van der Waals surface area contributed by atoms with Crippen molar-refractivity contribution in [3.8, 4) is 11.5 Å². The van der Waals surface area contributed by atoms with Crippen LogP contribution in [0, 0.1) is 5.92 Å². The molecule has 1 amide bonds. The summed E-state index contributed by atoms with van der Waals surface area (Å²) >= 11 is 0. The van der Waals surface area contributed by atoms with Gasteiger partial charge in [0.1, 0.15) is 0 Å². The third-order valence-corrected chi connectivity index (χ3v) is 6.12. The number of aromatic amines is 1. The number of unbranched alkanes of at least 4 members (excludes halogenated alkanes) is 1. The van der Waals surface area contributed by atoms with Gasteiger partial charge in [0.15, 0.2) is 11.5 Å². The van der Waals surface area contributed by atoms with E-state index in [4.69, 9.17) is 9.47 Å². The summed E-state index contributed by atoms with van der Waals surface area (Å²) in [5.41, 5.74) is 0.558. The smallest absolute Gasteiger partial charge is 0.329 e. The van der Waals surface area contributed by atoms with Crippen LogP contribution in [0.1, 0.15) is 55.5 Å². The highest BCUT2D eigenvalue weighted by atomic mass is 16.7. The van der Waals surface area contributed by atoms with Crippen molar-refractivity contribution >= 4 is 16.8 Å². The lowest BCUT2D eigenvalue weighted by molar-refractivity contribution is 0.0946. The molecule has 0 radical (unpaired) electrons. The number of hydrogen-bond acceptors (Lipinski definition) is 5. The first-order chi connectivity index (χ1) is 16.0. The quantitative estimate of drug-likeness (QED) is 0.519. The molecule has 1 atom stereocenters. The highest BCUT2D eigenvalue weighted by molar-refractivity contribution is 5.97. The highest BCUT2D eigenvalue weighted by Crippen LogP contribution is 2.32. The van der Waals surface area contributed by atoms with E-state index >= 15 is 0 Å². The molecule has 33 heavy (non-hydrogen) atoms. The first kappa shape index (κ1) is 22.6. The summed E-state index contributed by atoms with van der Waals surface area (Å²) in [4.78, 5) is 41.1. The van der Waals surface area contributed by atoms with Crippen molar-refractivity contribution in [1.29, 1.82) is 0 Å². The van der Waals surface area contributed by atoms with Crippen molar-refractivity contribution in [2.75, 3.05) is 13.3 Å². The number of hydrogen-bond donors (Lipinski definition) is 2. The van der Waals surface area contributed by atoms with Gasteiger partial charge in [-0.15, -0.1) is 0 Å². The Kier molecular flexibility index (Phi) is 6.82. The minimum atomic E-state index is -0.534. The monoisotopic (exact) mass is 451 g/mol. The van der Waals surface area contributed by atoms with Crippen LogP contribution in [0.15, 0.2) is 46.0 Å². The zero-order valence-corrected chi connectivity index (χ0v) is 19.0. The number of carbonyl (C=O) groups excluding carboxylic acids is 1. The number of ether oxygens (including phenoxy) is 2. The number of aromatic nitrogens is 2. The molecule has 2 N–H and O–H groups in total. The van der Waals surface area contributed by atoms with Gasteiger partial charge in [-0.25, -0.2) is 4.79 Å². The van der Waals surface area contributed by atoms with E-state index in [0.29, 0.717) is 40.4 Å². The highest BCUT2D eigenvalue weighted by Gasteiger charge is 2.16. The van der Waals surface area contributed by atoms with Gasteiger partial charge >= 0.3 is 5.69 Å². The Hall–Kier alpha value is -3.55. The van der Waals surface area contributed by atoms with E-state index in [-0.39, 0.29) is 19.2 Å². The molecule has 1 unspecified atom stereocenters. The van der Waals surface area contributed by atoms with E-state index in [1.165, 1.54) is 0 Å². The number of nitrogens with zero attached hydrogens (tertiary/aromatic N) is 1. The molecule has 1 aliphatic rings. The van der Waals surface area contributed by atoms with Crippen LogP contribution in [-0.4, -0.2) is 28.8 Å². The Balaban J connectivity index is 1.54. The molecule has 1 aliphatic heterocycles. The van der Waals surface area contributed by atoms with Gasteiger partial charge in [0, 0.05) is 12.1 Å². The van der Waals surface area contributed by atoms with Crippen LogP contribution in [0.2, 0.25) is 0 Å².